The van der Waals surface area contributed by atoms with Crippen molar-refractivity contribution in [2.24, 2.45) is 11.5 Å². The normalized spacial score (nSPS) is 11.7. The van der Waals surface area contributed by atoms with Gasteiger partial charge in [0, 0.05) is 6.54 Å². The third-order valence-corrected chi connectivity index (χ3v) is 1.92. The lowest BCUT2D eigenvalue weighted by molar-refractivity contribution is 1.00. The Morgan fingerprint density at radius 2 is 1.85 bits per heavy atom. The van der Waals surface area contributed by atoms with Crippen molar-refractivity contribution >= 4 is 5.57 Å². The molecule has 0 aliphatic carbocycles. The molecule has 0 spiro atoms. The number of nitrogens with two attached hydrogens (primary N) is 2. The van der Waals surface area contributed by atoms with Crippen LogP contribution in [-0.2, 0) is 0 Å². The van der Waals surface area contributed by atoms with E-state index in [0.717, 1.165) is 6.42 Å². The largest absolute Gasteiger partial charge is 0.330 e. The zero-order chi connectivity index (χ0) is 9.52. The molecule has 0 saturated carbocycles. The summed E-state index contributed by atoms with van der Waals surface area (Å²) in [4.78, 5) is 0. The molecule has 1 rings (SSSR count). The van der Waals surface area contributed by atoms with E-state index < -0.39 is 0 Å². The quantitative estimate of drug-likeness (QED) is 0.728. The summed E-state index contributed by atoms with van der Waals surface area (Å²) < 4.78 is 0. The van der Waals surface area contributed by atoms with Crippen LogP contribution in [0.3, 0.4) is 0 Å². The van der Waals surface area contributed by atoms with Crippen molar-refractivity contribution in [1.29, 1.82) is 0 Å². The summed E-state index contributed by atoms with van der Waals surface area (Å²) in [6.07, 6.45) is 3.00. The van der Waals surface area contributed by atoms with E-state index in [1.165, 1.54) is 11.1 Å². The molecule has 0 bridgehead atoms. The second-order valence-electron chi connectivity index (χ2n) is 2.88. The third kappa shape index (κ3) is 3.01. The summed E-state index contributed by atoms with van der Waals surface area (Å²) in [6, 6.07) is 10.2. The topological polar surface area (TPSA) is 52.0 Å². The predicted octanol–water partition coefficient (Wildman–Crippen LogP) is 1.38. The molecule has 1 aromatic carbocycles. The summed E-state index contributed by atoms with van der Waals surface area (Å²) in [5, 5.41) is 0. The van der Waals surface area contributed by atoms with E-state index in [9.17, 15) is 0 Å². The Morgan fingerprint density at radius 1 is 1.15 bits per heavy atom. The smallest absolute Gasteiger partial charge is 0.0180 e. The van der Waals surface area contributed by atoms with E-state index in [1.807, 2.05) is 18.2 Å². The highest BCUT2D eigenvalue weighted by molar-refractivity contribution is 5.66. The lowest BCUT2D eigenvalue weighted by atomic mass is 10.1. The van der Waals surface area contributed by atoms with Gasteiger partial charge in [-0.2, -0.15) is 0 Å². The first kappa shape index (κ1) is 9.96. The van der Waals surface area contributed by atoms with Crippen LogP contribution in [0.5, 0.6) is 0 Å². The van der Waals surface area contributed by atoms with Crippen molar-refractivity contribution < 1.29 is 0 Å². The van der Waals surface area contributed by atoms with Crippen LogP contribution in [0, 0.1) is 0 Å². The molecular weight excluding hydrogens is 160 g/mol. The van der Waals surface area contributed by atoms with Crippen molar-refractivity contribution in [3.63, 3.8) is 0 Å². The lowest BCUT2D eigenvalue weighted by Crippen LogP contribution is -2.04. The lowest BCUT2D eigenvalue weighted by Gasteiger charge is -2.03. The zero-order valence-electron chi connectivity index (χ0n) is 7.74. The van der Waals surface area contributed by atoms with E-state index in [4.69, 9.17) is 11.5 Å². The Bertz CT molecular complexity index is 265. The Kier molecular flexibility index (Phi) is 4.23. The Balaban J connectivity index is 2.78. The molecule has 0 aliphatic heterocycles. The monoisotopic (exact) mass is 176 g/mol. The second-order valence-corrected chi connectivity index (χ2v) is 2.88. The minimum absolute atomic E-state index is 0.573. The van der Waals surface area contributed by atoms with Crippen LogP contribution in [0.4, 0.5) is 0 Å². The van der Waals surface area contributed by atoms with Gasteiger partial charge in [0.25, 0.3) is 0 Å². The van der Waals surface area contributed by atoms with Gasteiger partial charge in [-0.25, -0.2) is 0 Å². The fourth-order valence-electron chi connectivity index (χ4n) is 1.23. The number of benzene rings is 1. The first-order valence-corrected chi connectivity index (χ1v) is 4.53. The van der Waals surface area contributed by atoms with Crippen molar-refractivity contribution in [3.05, 3.63) is 42.0 Å². The van der Waals surface area contributed by atoms with Crippen LogP contribution in [-0.4, -0.2) is 13.1 Å². The Hall–Kier alpha value is -1.12. The van der Waals surface area contributed by atoms with Gasteiger partial charge >= 0.3 is 0 Å². The molecule has 0 saturated heterocycles. The van der Waals surface area contributed by atoms with E-state index in [-0.39, 0.29) is 0 Å². The third-order valence-electron chi connectivity index (χ3n) is 1.92. The molecular formula is C11H16N2. The van der Waals surface area contributed by atoms with E-state index >= 15 is 0 Å². The van der Waals surface area contributed by atoms with E-state index in [2.05, 4.69) is 18.2 Å². The molecule has 2 heteroatoms. The van der Waals surface area contributed by atoms with Crippen LogP contribution in [0.15, 0.2) is 36.4 Å². The predicted molar refractivity (Wildman–Crippen MR) is 57.1 cm³/mol. The minimum Gasteiger partial charge on any atom is -0.330 e. The molecule has 13 heavy (non-hydrogen) atoms. The molecule has 0 unspecified atom stereocenters. The maximum absolute atomic E-state index is 5.64. The molecule has 0 radical (unpaired) electrons. The van der Waals surface area contributed by atoms with Crippen LogP contribution < -0.4 is 11.5 Å². The van der Waals surface area contributed by atoms with Crippen LogP contribution in [0.1, 0.15) is 12.0 Å². The average Bonchev–Trinajstić information content (AvgIpc) is 2.21. The van der Waals surface area contributed by atoms with E-state index in [1.54, 1.807) is 0 Å². The van der Waals surface area contributed by atoms with Gasteiger partial charge in [-0.1, -0.05) is 36.4 Å². The number of hydrogen-bond acceptors (Lipinski definition) is 2. The fraction of sp³-hybridized carbons (Fsp3) is 0.273. The molecule has 0 fully saturated rings. The molecule has 70 valence electrons. The number of hydrogen-bond donors (Lipinski definition) is 2. The molecule has 2 nitrogen and oxygen atoms in total. The van der Waals surface area contributed by atoms with Gasteiger partial charge in [0.15, 0.2) is 0 Å². The summed E-state index contributed by atoms with van der Waals surface area (Å²) >= 11 is 0. The van der Waals surface area contributed by atoms with Gasteiger partial charge in [0.1, 0.15) is 0 Å². The van der Waals surface area contributed by atoms with Gasteiger partial charge in [-0.15, -0.1) is 0 Å². The maximum atomic E-state index is 5.64. The standard InChI is InChI=1S/C11H16N2/c12-8-4-7-11(9-13)10-5-2-1-3-6-10/h1-3,5-7H,4,8-9,12-13H2. The first-order valence-electron chi connectivity index (χ1n) is 4.53. The van der Waals surface area contributed by atoms with E-state index in [0.29, 0.717) is 13.1 Å². The highest BCUT2D eigenvalue weighted by Gasteiger charge is 1.96. The van der Waals surface area contributed by atoms with Gasteiger partial charge in [-0.3, -0.25) is 0 Å². The van der Waals surface area contributed by atoms with Gasteiger partial charge in [0.05, 0.1) is 0 Å². The number of rotatable bonds is 4. The van der Waals surface area contributed by atoms with Crippen LogP contribution >= 0.6 is 0 Å². The Morgan fingerprint density at radius 3 is 2.38 bits per heavy atom. The highest BCUT2D eigenvalue weighted by atomic mass is 14.5. The summed E-state index contributed by atoms with van der Waals surface area (Å²) in [6.45, 7) is 1.25. The van der Waals surface area contributed by atoms with Crippen LogP contribution in [0.2, 0.25) is 0 Å². The van der Waals surface area contributed by atoms with Gasteiger partial charge < -0.3 is 11.5 Å². The van der Waals surface area contributed by atoms with Crippen molar-refractivity contribution in [3.8, 4) is 0 Å². The minimum atomic E-state index is 0.573. The van der Waals surface area contributed by atoms with Gasteiger partial charge in [0.2, 0.25) is 0 Å². The first-order chi connectivity index (χ1) is 6.38. The van der Waals surface area contributed by atoms with Crippen molar-refractivity contribution in [1.82, 2.24) is 0 Å². The molecule has 0 amide bonds. The van der Waals surface area contributed by atoms with Crippen molar-refractivity contribution in [2.45, 2.75) is 6.42 Å². The van der Waals surface area contributed by atoms with Gasteiger partial charge in [-0.05, 0) is 24.1 Å². The molecule has 0 aromatic heterocycles. The van der Waals surface area contributed by atoms with Crippen LogP contribution in [0.25, 0.3) is 5.57 Å². The molecule has 0 atom stereocenters. The molecule has 1 aromatic rings. The summed E-state index contributed by atoms with van der Waals surface area (Å²) in [5.74, 6) is 0. The SMILES string of the molecule is NCCC=C(CN)c1ccccc1. The molecule has 4 N–H and O–H groups in total. The van der Waals surface area contributed by atoms with Crippen molar-refractivity contribution in [2.75, 3.05) is 13.1 Å². The summed E-state index contributed by atoms with van der Waals surface area (Å²) in [5.41, 5.74) is 13.4. The molecule has 0 heterocycles. The summed E-state index contributed by atoms with van der Waals surface area (Å²) in [7, 11) is 0. The molecule has 0 aliphatic rings. The fourth-order valence-corrected chi connectivity index (χ4v) is 1.23. The Labute approximate surface area is 79.2 Å². The average molecular weight is 176 g/mol. The maximum Gasteiger partial charge on any atom is 0.0180 e. The highest BCUT2D eigenvalue weighted by Crippen LogP contribution is 2.12. The second kappa shape index (κ2) is 5.51. The zero-order valence-corrected chi connectivity index (χ0v) is 7.74.